The molecule has 0 unspecified atom stereocenters. The Labute approximate surface area is 120 Å². The second-order valence-corrected chi connectivity index (χ2v) is 4.63. The van der Waals surface area contributed by atoms with Crippen molar-refractivity contribution in [1.82, 2.24) is 4.98 Å². The largest absolute Gasteiger partial charge is 0.402 e. The van der Waals surface area contributed by atoms with Gasteiger partial charge in [-0.25, -0.2) is 9.78 Å². The molecule has 0 saturated carbocycles. The van der Waals surface area contributed by atoms with E-state index in [2.05, 4.69) is 4.98 Å². The predicted octanol–water partition coefficient (Wildman–Crippen LogP) is 3.92. The van der Waals surface area contributed by atoms with Gasteiger partial charge in [0, 0.05) is 0 Å². The van der Waals surface area contributed by atoms with Crippen molar-refractivity contribution in [2.24, 2.45) is 0 Å². The van der Waals surface area contributed by atoms with E-state index in [1.807, 2.05) is 36.4 Å². The molecule has 0 atom stereocenters. The van der Waals surface area contributed by atoms with Crippen LogP contribution in [0, 0.1) is 0 Å². The molecule has 0 fully saturated rings. The standard InChI is InChI=1S/C16H10ClNO2/c17-13(10-11-6-2-1-3-7-11)15-18-14-9-5-4-8-12(14)16(19)20-15/h1-10H/b13-10-. The minimum atomic E-state index is -0.440. The van der Waals surface area contributed by atoms with Crippen LogP contribution in [0.25, 0.3) is 22.0 Å². The Balaban J connectivity index is 2.11. The fourth-order valence-corrected chi connectivity index (χ4v) is 2.09. The second-order valence-electron chi connectivity index (χ2n) is 4.23. The second kappa shape index (κ2) is 5.31. The topological polar surface area (TPSA) is 43.1 Å². The first-order valence-electron chi connectivity index (χ1n) is 6.06. The van der Waals surface area contributed by atoms with Gasteiger partial charge in [0.2, 0.25) is 5.89 Å². The maximum Gasteiger partial charge on any atom is 0.347 e. The average molecular weight is 284 g/mol. The Bertz CT molecular complexity index is 838. The molecule has 3 rings (SSSR count). The molecule has 2 aromatic carbocycles. The lowest BCUT2D eigenvalue weighted by molar-refractivity contribution is 0.489. The van der Waals surface area contributed by atoms with Crippen molar-refractivity contribution in [3.63, 3.8) is 0 Å². The summed E-state index contributed by atoms with van der Waals surface area (Å²) in [7, 11) is 0. The van der Waals surface area contributed by atoms with Crippen LogP contribution in [-0.2, 0) is 0 Å². The third-order valence-electron chi connectivity index (χ3n) is 2.83. The number of benzene rings is 2. The Morgan fingerprint density at radius 3 is 2.55 bits per heavy atom. The van der Waals surface area contributed by atoms with E-state index in [0.29, 0.717) is 15.9 Å². The summed E-state index contributed by atoms with van der Waals surface area (Å²) in [5.74, 6) is 0.124. The van der Waals surface area contributed by atoms with Gasteiger partial charge in [-0.2, -0.15) is 0 Å². The zero-order valence-electron chi connectivity index (χ0n) is 10.4. The Hall–Kier alpha value is -2.39. The van der Waals surface area contributed by atoms with E-state index < -0.39 is 5.63 Å². The van der Waals surface area contributed by atoms with Crippen LogP contribution in [-0.4, -0.2) is 4.98 Å². The fourth-order valence-electron chi connectivity index (χ4n) is 1.88. The van der Waals surface area contributed by atoms with Crippen molar-refractivity contribution < 1.29 is 4.42 Å². The van der Waals surface area contributed by atoms with Gasteiger partial charge >= 0.3 is 5.63 Å². The molecule has 0 aliphatic carbocycles. The first-order chi connectivity index (χ1) is 9.74. The van der Waals surface area contributed by atoms with Gasteiger partial charge < -0.3 is 4.42 Å². The zero-order valence-corrected chi connectivity index (χ0v) is 11.2. The van der Waals surface area contributed by atoms with Crippen molar-refractivity contribution in [1.29, 1.82) is 0 Å². The van der Waals surface area contributed by atoms with Crippen molar-refractivity contribution >= 4 is 33.6 Å². The van der Waals surface area contributed by atoms with Crippen molar-refractivity contribution in [3.05, 3.63) is 76.5 Å². The summed E-state index contributed by atoms with van der Waals surface area (Å²) in [6.45, 7) is 0. The zero-order chi connectivity index (χ0) is 13.9. The monoisotopic (exact) mass is 283 g/mol. The number of fused-ring (bicyclic) bond motifs is 1. The molecule has 20 heavy (non-hydrogen) atoms. The lowest BCUT2D eigenvalue weighted by atomic mass is 10.2. The Morgan fingerprint density at radius 2 is 1.75 bits per heavy atom. The molecule has 4 heteroatoms. The highest BCUT2D eigenvalue weighted by atomic mass is 35.5. The summed E-state index contributed by atoms with van der Waals surface area (Å²) in [6.07, 6.45) is 1.71. The van der Waals surface area contributed by atoms with Crippen LogP contribution in [0.2, 0.25) is 0 Å². The normalized spacial score (nSPS) is 11.8. The van der Waals surface area contributed by atoms with Crippen LogP contribution < -0.4 is 5.63 Å². The van der Waals surface area contributed by atoms with Crippen LogP contribution in [0.1, 0.15) is 11.5 Å². The van der Waals surface area contributed by atoms with E-state index in [1.165, 1.54) is 0 Å². The van der Waals surface area contributed by atoms with Crippen LogP contribution >= 0.6 is 11.6 Å². The van der Waals surface area contributed by atoms with E-state index >= 15 is 0 Å². The number of hydrogen-bond acceptors (Lipinski definition) is 3. The van der Waals surface area contributed by atoms with Gasteiger partial charge in [0.1, 0.15) is 5.03 Å². The molecule has 0 N–H and O–H groups in total. The predicted molar refractivity (Wildman–Crippen MR) is 80.4 cm³/mol. The van der Waals surface area contributed by atoms with Crippen molar-refractivity contribution in [2.45, 2.75) is 0 Å². The molecule has 0 saturated heterocycles. The molecule has 1 heterocycles. The molecule has 3 nitrogen and oxygen atoms in total. The maximum atomic E-state index is 11.9. The molecule has 98 valence electrons. The third kappa shape index (κ3) is 2.49. The number of aromatic nitrogens is 1. The van der Waals surface area contributed by atoms with Gasteiger partial charge in [0.25, 0.3) is 0 Å². The number of nitrogens with zero attached hydrogens (tertiary/aromatic N) is 1. The summed E-state index contributed by atoms with van der Waals surface area (Å²) >= 11 is 6.18. The lowest BCUT2D eigenvalue weighted by Gasteiger charge is -2.00. The van der Waals surface area contributed by atoms with E-state index in [9.17, 15) is 4.79 Å². The molecule has 1 aromatic heterocycles. The quantitative estimate of drug-likeness (QED) is 0.716. The summed E-state index contributed by atoms with van der Waals surface area (Å²) in [5.41, 5.74) is 1.04. The SMILES string of the molecule is O=c1oc(/C(Cl)=C/c2ccccc2)nc2ccccc12. The lowest BCUT2D eigenvalue weighted by Crippen LogP contribution is -2.03. The Morgan fingerprint density at radius 1 is 1.05 bits per heavy atom. The number of hydrogen-bond donors (Lipinski definition) is 0. The van der Waals surface area contributed by atoms with Gasteiger partial charge in [0.05, 0.1) is 10.9 Å². The van der Waals surface area contributed by atoms with Gasteiger partial charge in [-0.15, -0.1) is 0 Å². The number of rotatable bonds is 2. The van der Waals surface area contributed by atoms with E-state index in [4.69, 9.17) is 16.0 Å². The van der Waals surface area contributed by atoms with E-state index in [0.717, 1.165) is 5.56 Å². The van der Waals surface area contributed by atoms with E-state index in [-0.39, 0.29) is 5.89 Å². The first kappa shape index (κ1) is 12.6. The third-order valence-corrected chi connectivity index (χ3v) is 3.10. The van der Waals surface area contributed by atoms with Gasteiger partial charge in [-0.05, 0) is 23.8 Å². The molecular formula is C16H10ClNO2. The molecule has 0 radical (unpaired) electrons. The van der Waals surface area contributed by atoms with Crippen molar-refractivity contribution in [2.75, 3.05) is 0 Å². The molecule has 0 aliphatic heterocycles. The molecule has 0 spiro atoms. The molecule has 0 bridgehead atoms. The van der Waals surface area contributed by atoms with Crippen LogP contribution in [0.3, 0.4) is 0 Å². The summed E-state index contributed by atoms with van der Waals surface area (Å²) in [4.78, 5) is 16.1. The summed E-state index contributed by atoms with van der Waals surface area (Å²) in [5, 5.41) is 0.736. The molecule has 0 aliphatic rings. The van der Waals surface area contributed by atoms with E-state index in [1.54, 1.807) is 24.3 Å². The first-order valence-corrected chi connectivity index (χ1v) is 6.44. The van der Waals surface area contributed by atoms with Gasteiger partial charge in [-0.3, -0.25) is 0 Å². The molecular weight excluding hydrogens is 274 g/mol. The minimum Gasteiger partial charge on any atom is -0.402 e. The number of halogens is 1. The highest BCUT2D eigenvalue weighted by Gasteiger charge is 2.08. The van der Waals surface area contributed by atoms with Gasteiger partial charge in [0.15, 0.2) is 0 Å². The Kier molecular flexibility index (Phi) is 3.35. The fraction of sp³-hybridized carbons (Fsp3) is 0. The highest BCUT2D eigenvalue weighted by Crippen LogP contribution is 2.21. The van der Waals surface area contributed by atoms with Crippen LogP contribution in [0.15, 0.2) is 63.8 Å². The minimum absolute atomic E-state index is 0.124. The maximum absolute atomic E-state index is 11.9. The molecule has 0 amide bonds. The summed E-state index contributed by atoms with van der Waals surface area (Å²) < 4.78 is 5.16. The molecule has 3 aromatic rings. The van der Waals surface area contributed by atoms with Crippen LogP contribution in [0.4, 0.5) is 0 Å². The highest BCUT2D eigenvalue weighted by molar-refractivity contribution is 6.50. The average Bonchev–Trinajstić information content (AvgIpc) is 2.48. The van der Waals surface area contributed by atoms with Crippen LogP contribution in [0.5, 0.6) is 0 Å². The number of para-hydroxylation sites is 1. The smallest absolute Gasteiger partial charge is 0.347 e. The van der Waals surface area contributed by atoms with Gasteiger partial charge in [-0.1, -0.05) is 54.1 Å². The summed E-state index contributed by atoms with van der Waals surface area (Å²) in [6, 6.07) is 16.5. The van der Waals surface area contributed by atoms with Crippen molar-refractivity contribution in [3.8, 4) is 0 Å².